The van der Waals surface area contributed by atoms with Gasteiger partial charge in [0.2, 0.25) is 0 Å². The highest BCUT2D eigenvalue weighted by molar-refractivity contribution is 5.85. The molecule has 0 bridgehead atoms. The van der Waals surface area contributed by atoms with E-state index in [0.29, 0.717) is 6.04 Å². The second kappa shape index (κ2) is 8.28. The van der Waals surface area contributed by atoms with Gasteiger partial charge in [0.05, 0.1) is 12.7 Å². The van der Waals surface area contributed by atoms with Gasteiger partial charge in [-0.3, -0.25) is 9.67 Å². The molecule has 1 atom stereocenters. The van der Waals surface area contributed by atoms with Crippen LogP contribution in [0.4, 0.5) is 0 Å². The molecule has 0 spiro atoms. The molecule has 4 nitrogen and oxygen atoms in total. The fraction of sp³-hybridized carbons (Fsp3) is 0.300. The lowest BCUT2D eigenvalue weighted by Crippen LogP contribution is -2.25. The highest BCUT2D eigenvalue weighted by Crippen LogP contribution is 2.30. The third-order valence-corrected chi connectivity index (χ3v) is 4.71. The van der Waals surface area contributed by atoms with Crippen LogP contribution in [0.15, 0.2) is 61.1 Å². The molecule has 0 saturated heterocycles. The molecule has 2 aromatic heterocycles. The van der Waals surface area contributed by atoms with Crippen LogP contribution in [0.2, 0.25) is 0 Å². The van der Waals surface area contributed by atoms with Gasteiger partial charge >= 0.3 is 0 Å². The summed E-state index contributed by atoms with van der Waals surface area (Å²) in [6, 6.07) is 15.0. The fourth-order valence-corrected chi connectivity index (χ4v) is 3.47. The molecule has 1 aromatic carbocycles. The number of fused-ring (bicyclic) bond motifs is 1. The minimum Gasteiger partial charge on any atom is -0.306 e. The Hall–Kier alpha value is -2.17. The first-order chi connectivity index (χ1) is 11.9. The van der Waals surface area contributed by atoms with Gasteiger partial charge in [-0.15, -0.1) is 12.4 Å². The van der Waals surface area contributed by atoms with Crippen molar-refractivity contribution in [1.82, 2.24) is 20.1 Å². The van der Waals surface area contributed by atoms with Gasteiger partial charge in [-0.2, -0.15) is 5.10 Å². The molecule has 5 heteroatoms. The lowest BCUT2D eigenvalue weighted by molar-refractivity contribution is 0.449. The molecule has 0 aliphatic heterocycles. The molecule has 0 saturated carbocycles. The van der Waals surface area contributed by atoms with Crippen molar-refractivity contribution in [3.05, 3.63) is 83.4 Å². The molecule has 130 valence electrons. The quantitative estimate of drug-likeness (QED) is 0.755. The average Bonchev–Trinajstić information content (AvgIpc) is 3.05. The van der Waals surface area contributed by atoms with Gasteiger partial charge in [0.25, 0.3) is 0 Å². The standard InChI is InChI=1S/C20H22N4.ClH/c1-2-6-16(7-3-1)15-24-20-10-4-9-19(18(20)14-23-24)22-13-17-8-5-11-21-12-17;/h1-3,5-8,11-12,14,19,22H,4,9-10,13,15H2;1H. The molecule has 1 unspecified atom stereocenters. The summed E-state index contributed by atoms with van der Waals surface area (Å²) < 4.78 is 2.17. The Morgan fingerprint density at radius 1 is 1.04 bits per heavy atom. The van der Waals surface area contributed by atoms with Gasteiger partial charge in [-0.1, -0.05) is 36.4 Å². The summed E-state index contributed by atoms with van der Waals surface area (Å²) in [6.07, 6.45) is 9.29. The number of aromatic nitrogens is 3. The number of benzene rings is 1. The summed E-state index contributed by atoms with van der Waals surface area (Å²) in [4.78, 5) is 4.19. The zero-order valence-electron chi connectivity index (χ0n) is 14.1. The maximum Gasteiger partial charge on any atom is 0.0662 e. The molecule has 0 amide bonds. The van der Waals surface area contributed by atoms with Crippen LogP contribution >= 0.6 is 12.4 Å². The van der Waals surface area contributed by atoms with Crippen molar-refractivity contribution >= 4 is 12.4 Å². The van der Waals surface area contributed by atoms with E-state index in [4.69, 9.17) is 0 Å². The van der Waals surface area contributed by atoms with E-state index in [1.54, 1.807) is 0 Å². The Balaban J connectivity index is 0.00000182. The summed E-state index contributed by atoms with van der Waals surface area (Å²) in [7, 11) is 0. The summed E-state index contributed by atoms with van der Waals surface area (Å²) in [6.45, 7) is 1.70. The van der Waals surface area contributed by atoms with Crippen molar-refractivity contribution in [3.8, 4) is 0 Å². The molecule has 4 rings (SSSR count). The number of pyridine rings is 1. The van der Waals surface area contributed by atoms with E-state index < -0.39 is 0 Å². The molecule has 1 aliphatic carbocycles. The first kappa shape index (κ1) is 17.6. The van der Waals surface area contributed by atoms with E-state index in [2.05, 4.69) is 62.7 Å². The Labute approximate surface area is 154 Å². The zero-order chi connectivity index (χ0) is 16.2. The summed E-state index contributed by atoms with van der Waals surface area (Å²) in [5.74, 6) is 0. The normalized spacial score (nSPS) is 16.1. The topological polar surface area (TPSA) is 42.7 Å². The predicted molar refractivity (Wildman–Crippen MR) is 102 cm³/mol. The molecule has 1 N–H and O–H groups in total. The minimum atomic E-state index is 0. The Bertz CT molecular complexity index is 786. The number of nitrogens with zero attached hydrogens (tertiary/aromatic N) is 3. The van der Waals surface area contributed by atoms with Crippen LogP contribution in [0, 0.1) is 0 Å². The Morgan fingerprint density at radius 2 is 1.88 bits per heavy atom. The van der Waals surface area contributed by atoms with E-state index in [-0.39, 0.29) is 12.4 Å². The van der Waals surface area contributed by atoms with Gasteiger partial charge in [-0.05, 0) is 36.5 Å². The number of rotatable bonds is 5. The van der Waals surface area contributed by atoms with Crippen LogP contribution in [0.5, 0.6) is 0 Å². The number of hydrogen-bond acceptors (Lipinski definition) is 3. The smallest absolute Gasteiger partial charge is 0.0662 e. The van der Waals surface area contributed by atoms with Crippen LogP contribution in [0.25, 0.3) is 0 Å². The van der Waals surface area contributed by atoms with Gasteiger partial charge < -0.3 is 5.32 Å². The highest BCUT2D eigenvalue weighted by atomic mass is 35.5. The molecule has 2 heterocycles. The second-order valence-corrected chi connectivity index (χ2v) is 6.38. The highest BCUT2D eigenvalue weighted by Gasteiger charge is 2.23. The molecule has 1 aliphatic rings. The third kappa shape index (κ3) is 4.09. The van der Waals surface area contributed by atoms with Crippen LogP contribution in [-0.4, -0.2) is 14.8 Å². The Kier molecular flexibility index (Phi) is 5.84. The lowest BCUT2D eigenvalue weighted by Gasteiger charge is -2.24. The summed E-state index contributed by atoms with van der Waals surface area (Å²) in [5.41, 5.74) is 5.27. The summed E-state index contributed by atoms with van der Waals surface area (Å²) in [5, 5.41) is 8.34. The second-order valence-electron chi connectivity index (χ2n) is 6.38. The van der Waals surface area contributed by atoms with E-state index in [1.807, 2.05) is 18.5 Å². The van der Waals surface area contributed by atoms with Crippen LogP contribution in [-0.2, 0) is 19.5 Å². The van der Waals surface area contributed by atoms with Crippen molar-refractivity contribution < 1.29 is 0 Å². The van der Waals surface area contributed by atoms with Crippen molar-refractivity contribution in [3.63, 3.8) is 0 Å². The van der Waals surface area contributed by atoms with E-state index in [0.717, 1.165) is 19.5 Å². The van der Waals surface area contributed by atoms with E-state index >= 15 is 0 Å². The van der Waals surface area contributed by atoms with Crippen molar-refractivity contribution in [2.75, 3.05) is 0 Å². The zero-order valence-corrected chi connectivity index (χ0v) is 15.0. The largest absolute Gasteiger partial charge is 0.306 e. The van der Waals surface area contributed by atoms with Crippen molar-refractivity contribution in [1.29, 1.82) is 0 Å². The summed E-state index contributed by atoms with van der Waals surface area (Å²) >= 11 is 0. The van der Waals surface area contributed by atoms with E-state index in [1.165, 1.54) is 35.2 Å². The molecule has 0 radical (unpaired) electrons. The van der Waals surface area contributed by atoms with E-state index in [9.17, 15) is 0 Å². The average molecular weight is 355 g/mol. The number of halogens is 1. The SMILES string of the molecule is Cl.c1ccc(Cn2ncc3c2CCCC3NCc2cccnc2)cc1. The maximum atomic E-state index is 4.66. The fourth-order valence-electron chi connectivity index (χ4n) is 3.47. The van der Waals surface area contributed by atoms with Crippen LogP contribution in [0.3, 0.4) is 0 Å². The molecular weight excluding hydrogens is 332 g/mol. The van der Waals surface area contributed by atoms with Crippen molar-refractivity contribution in [2.45, 2.75) is 38.4 Å². The monoisotopic (exact) mass is 354 g/mol. The number of hydrogen-bond donors (Lipinski definition) is 1. The third-order valence-electron chi connectivity index (χ3n) is 4.71. The minimum absolute atomic E-state index is 0. The van der Waals surface area contributed by atoms with Gasteiger partial charge in [0.15, 0.2) is 0 Å². The Morgan fingerprint density at radius 3 is 2.68 bits per heavy atom. The van der Waals surface area contributed by atoms with Crippen LogP contribution < -0.4 is 5.32 Å². The molecular formula is C20H23ClN4. The molecule has 0 fully saturated rings. The first-order valence-corrected chi connectivity index (χ1v) is 8.61. The first-order valence-electron chi connectivity index (χ1n) is 8.61. The molecule has 3 aromatic rings. The lowest BCUT2D eigenvalue weighted by atomic mass is 9.92. The maximum absolute atomic E-state index is 4.66. The van der Waals surface area contributed by atoms with Crippen molar-refractivity contribution in [2.24, 2.45) is 0 Å². The van der Waals surface area contributed by atoms with Crippen LogP contribution in [0.1, 0.15) is 41.3 Å². The molecule has 25 heavy (non-hydrogen) atoms. The van der Waals surface area contributed by atoms with Gasteiger partial charge in [0, 0.05) is 36.2 Å². The predicted octanol–water partition coefficient (Wildman–Crippen LogP) is 3.92. The van der Waals surface area contributed by atoms with Gasteiger partial charge in [0.1, 0.15) is 0 Å². The van der Waals surface area contributed by atoms with Gasteiger partial charge in [-0.25, -0.2) is 0 Å². The number of nitrogens with one attached hydrogen (secondary N) is 1.